The van der Waals surface area contributed by atoms with Gasteiger partial charge in [0.25, 0.3) is 10.2 Å². The molecular formula is C9H20N4O2S. The van der Waals surface area contributed by atoms with Crippen LogP contribution in [0.1, 0.15) is 19.8 Å². The van der Waals surface area contributed by atoms with Gasteiger partial charge in [-0.25, -0.2) is 0 Å². The summed E-state index contributed by atoms with van der Waals surface area (Å²) in [5.74, 6) is 0.148. The lowest BCUT2D eigenvalue weighted by molar-refractivity contribution is 0.232. The van der Waals surface area contributed by atoms with Gasteiger partial charge in [0.2, 0.25) is 0 Å². The maximum Gasteiger partial charge on any atom is 0.281 e. The number of amidine groups is 1. The van der Waals surface area contributed by atoms with E-state index in [-0.39, 0.29) is 11.3 Å². The first-order valence-corrected chi connectivity index (χ1v) is 6.62. The van der Waals surface area contributed by atoms with Crippen LogP contribution in [0.2, 0.25) is 0 Å². The second kappa shape index (κ2) is 4.31. The summed E-state index contributed by atoms with van der Waals surface area (Å²) >= 11 is 0. The van der Waals surface area contributed by atoms with E-state index < -0.39 is 10.2 Å². The first kappa shape index (κ1) is 13.4. The van der Waals surface area contributed by atoms with Crippen LogP contribution in [0.5, 0.6) is 0 Å². The van der Waals surface area contributed by atoms with E-state index in [1.54, 1.807) is 0 Å². The van der Waals surface area contributed by atoms with E-state index in [4.69, 9.17) is 11.1 Å². The number of nitrogens with two attached hydrogens (primary N) is 1. The zero-order chi connectivity index (χ0) is 12.6. The molecule has 94 valence electrons. The smallest absolute Gasteiger partial charge is 0.281 e. The van der Waals surface area contributed by atoms with E-state index in [2.05, 4.69) is 0 Å². The van der Waals surface area contributed by atoms with Crippen LogP contribution in [0.25, 0.3) is 0 Å². The number of hydrogen-bond acceptors (Lipinski definition) is 3. The molecule has 0 aromatic carbocycles. The lowest BCUT2D eigenvalue weighted by Gasteiger charge is -2.38. The van der Waals surface area contributed by atoms with Gasteiger partial charge >= 0.3 is 0 Å². The summed E-state index contributed by atoms with van der Waals surface area (Å²) in [6.07, 6.45) is 1.21. The number of hydrogen-bond donors (Lipinski definition) is 2. The molecule has 0 aromatic heterocycles. The molecule has 7 heteroatoms. The lowest BCUT2D eigenvalue weighted by Crippen LogP contribution is -2.49. The molecule has 1 aliphatic heterocycles. The van der Waals surface area contributed by atoms with Gasteiger partial charge in [-0.2, -0.15) is 17.0 Å². The maximum atomic E-state index is 11.8. The molecule has 0 amide bonds. The van der Waals surface area contributed by atoms with Crippen molar-refractivity contribution in [2.45, 2.75) is 19.8 Å². The minimum Gasteiger partial charge on any atom is -0.387 e. The van der Waals surface area contributed by atoms with E-state index in [0.717, 1.165) is 0 Å². The molecule has 0 radical (unpaired) electrons. The maximum absolute atomic E-state index is 11.8. The molecule has 1 saturated heterocycles. The van der Waals surface area contributed by atoms with Gasteiger partial charge in [0.1, 0.15) is 0 Å². The Bertz CT molecular complexity index is 369. The summed E-state index contributed by atoms with van der Waals surface area (Å²) in [6, 6.07) is 0. The van der Waals surface area contributed by atoms with Gasteiger partial charge in [-0.3, -0.25) is 5.41 Å². The average molecular weight is 248 g/mol. The Labute approximate surface area is 97.1 Å². The van der Waals surface area contributed by atoms with E-state index in [1.807, 2.05) is 6.92 Å². The number of piperidine rings is 1. The SMILES string of the molecule is CN(C)S(=O)(=O)N1CCC(C)(C(=N)N)CC1. The van der Waals surface area contributed by atoms with E-state index in [1.165, 1.54) is 22.7 Å². The molecule has 0 bridgehead atoms. The second-order valence-electron chi connectivity index (χ2n) is 4.66. The molecule has 0 aliphatic carbocycles. The topological polar surface area (TPSA) is 90.5 Å². The van der Waals surface area contributed by atoms with Crippen molar-refractivity contribution in [2.75, 3.05) is 27.2 Å². The molecule has 1 aliphatic rings. The highest BCUT2D eigenvalue weighted by Crippen LogP contribution is 2.31. The fourth-order valence-corrected chi connectivity index (χ4v) is 2.82. The summed E-state index contributed by atoms with van der Waals surface area (Å²) in [6.45, 7) is 2.77. The van der Waals surface area contributed by atoms with Gasteiger partial charge in [-0.1, -0.05) is 6.92 Å². The lowest BCUT2D eigenvalue weighted by atomic mass is 9.80. The van der Waals surface area contributed by atoms with Crippen LogP contribution in [0.15, 0.2) is 0 Å². The monoisotopic (exact) mass is 248 g/mol. The van der Waals surface area contributed by atoms with E-state index >= 15 is 0 Å². The van der Waals surface area contributed by atoms with Crippen molar-refractivity contribution in [3.63, 3.8) is 0 Å². The third kappa shape index (κ3) is 2.36. The van der Waals surface area contributed by atoms with Crippen LogP contribution in [-0.4, -0.2) is 50.0 Å². The zero-order valence-corrected chi connectivity index (χ0v) is 10.8. The Morgan fingerprint density at radius 2 is 1.81 bits per heavy atom. The quantitative estimate of drug-likeness (QED) is 0.536. The van der Waals surface area contributed by atoms with Crippen molar-refractivity contribution in [1.29, 1.82) is 5.41 Å². The summed E-state index contributed by atoms with van der Waals surface area (Å²) in [7, 11) is -0.277. The van der Waals surface area contributed by atoms with Crippen LogP contribution in [0.3, 0.4) is 0 Å². The summed E-state index contributed by atoms with van der Waals surface area (Å²) in [5, 5.41) is 7.49. The first-order chi connectivity index (χ1) is 7.20. The van der Waals surface area contributed by atoms with Crippen molar-refractivity contribution >= 4 is 16.0 Å². The van der Waals surface area contributed by atoms with Gasteiger partial charge in [0.15, 0.2) is 0 Å². The van der Waals surface area contributed by atoms with Crippen LogP contribution in [0, 0.1) is 10.8 Å². The standard InChI is InChI=1S/C9H20N4O2S/c1-9(8(10)11)4-6-13(7-5-9)16(14,15)12(2)3/h4-7H2,1-3H3,(H3,10,11). The molecule has 0 spiro atoms. The Hall–Kier alpha value is -0.660. The molecule has 0 saturated carbocycles. The third-order valence-electron chi connectivity index (χ3n) is 3.26. The van der Waals surface area contributed by atoms with Gasteiger partial charge in [-0.15, -0.1) is 0 Å². The molecule has 0 aromatic rings. The molecule has 16 heavy (non-hydrogen) atoms. The number of nitrogens with zero attached hydrogens (tertiary/aromatic N) is 2. The predicted octanol–water partition coefficient (Wildman–Crippen LogP) is -0.169. The van der Waals surface area contributed by atoms with Crippen molar-refractivity contribution in [1.82, 2.24) is 8.61 Å². The normalized spacial score (nSPS) is 22.2. The predicted molar refractivity (Wildman–Crippen MR) is 63.4 cm³/mol. The Morgan fingerprint density at radius 1 is 1.38 bits per heavy atom. The molecule has 3 N–H and O–H groups in total. The largest absolute Gasteiger partial charge is 0.387 e. The molecule has 1 heterocycles. The highest BCUT2D eigenvalue weighted by atomic mass is 32.2. The average Bonchev–Trinajstić information content (AvgIpc) is 2.18. The van der Waals surface area contributed by atoms with Crippen molar-refractivity contribution < 1.29 is 8.42 Å². The minimum atomic E-state index is -3.32. The van der Waals surface area contributed by atoms with Crippen LogP contribution in [0.4, 0.5) is 0 Å². The van der Waals surface area contributed by atoms with Crippen LogP contribution >= 0.6 is 0 Å². The zero-order valence-electron chi connectivity index (χ0n) is 10.0. The van der Waals surface area contributed by atoms with Crippen molar-refractivity contribution in [2.24, 2.45) is 11.1 Å². The summed E-state index contributed by atoms with van der Waals surface area (Å²) in [4.78, 5) is 0. The number of rotatable bonds is 3. The fourth-order valence-electron chi connectivity index (χ4n) is 1.71. The fraction of sp³-hybridized carbons (Fsp3) is 0.889. The Balaban J connectivity index is 2.73. The number of nitrogens with one attached hydrogen (secondary N) is 1. The molecule has 1 fully saturated rings. The summed E-state index contributed by atoms with van der Waals surface area (Å²) in [5.41, 5.74) is 5.17. The third-order valence-corrected chi connectivity index (χ3v) is 5.20. The van der Waals surface area contributed by atoms with Gasteiger partial charge < -0.3 is 5.73 Å². The van der Waals surface area contributed by atoms with Crippen LogP contribution < -0.4 is 5.73 Å². The van der Waals surface area contributed by atoms with Crippen LogP contribution in [-0.2, 0) is 10.2 Å². The molecule has 6 nitrogen and oxygen atoms in total. The molecule has 0 atom stereocenters. The first-order valence-electron chi connectivity index (χ1n) is 5.22. The van der Waals surface area contributed by atoms with Gasteiger partial charge in [0.05, 0.1) is 5.84 Å². The molecular weight excluding hydrogens is 228 g/mol. The van der Waals surface area contributed by atoms with Crippen molar-refractivity contribution in [3.8, 4) is 0 Å². The molecule has 0 unspecified atom stereocenters. The highest BCUT2D eigenvalue weighted by molar-refractivity contribution is 7.86. The Morgan fingerprint density at radius 3 is 2.12 bits per heavy atom. The minimum absolute atomic E-state index is 0.148. The molecule has 1 rings (SSSR count). The highest BCUT2D eigenvalue weighted by Gasteiger charge is 2.37. The van der Waals surface area contributed by atoms with Gasteiger partial charge in [-0.05, 0) is 12.8 Å². The van der Waals surface area contributed by atoms with Crippen molar-refractivity contribution in [3.05, 3.63) is 0 Å². The van der Waals surface area contributed by atoms with E-state index in [9.17, 15) is 8.42 Å². The second-order valence-corrected chi connectivity index (χ2v) is 6.81. The summed E-state index contributed by atoms with van der Waals surface area (Å²) < 4.78 is 26.3. The van der Waals surface area contributed by atoms with Gasteiger partial charge in [0, 0.05) is 32.6 Å². The Kier molecular flexibility index (Phi) is 3.61. The van der Waals surface area contributed by atoms with E-state index in [0.29, 0.717) is 25.9 Å².